The van der Waals surface area contributed by atoms with Gasteiger partial charge in [-0.05, 0) is 36.6 Å². The van der Waals surface area contributed by atoms with Crippen molar-refractivity contribution in [2.45, 2.75) is 44.7 Å². The molecule has 1 aliphatic rings. The molecule has 0 aliphatic heterocycles. The van der Waals surface area contributed by atoms with Gasteiger partial charge in [0.25, 0.3) is 0 Å². The number of hydrogen-bond donors (Lipinski definition) is 2. The smallest absolute Gasteiger partial charge is 0.319 e. The minimum Gasteiger partial charge on any atom is -0.335 e. The van der Waals surface area contributed by atoms with Gasteiger partial charge in [-0.2, -0.15) is 5.10 Å². The molecule has 2 N–H and O–H groups in total. The molecule has 116 valence electrons. The van der Waals surface area contributed by atoms with Crippen LogP contribution in [0.5, 0.6) is 0 Å². The van der Waals surface area contributed by atoms with Crippen LogP contribution in [0, 0.1) is 0 Å². The van der Waals surface area contributed by atoms with E-state index in [-0.39, 0.29) is 6.03 Å². The van der Waals surface area contributed by atoms with E-state index in [1.165, 1.54) is 19.3 Å². The highest BCUT2D eigenvalue weighted by molar-refractivity contribution is 5.89. The topological polar surface area (TPSA) is 59.0 Å². The fourth-order valence-electron chi connectivity index (χ4n) is 2.93. The molecule has 22 heavy (non-hydrogen) atoms. The SMILES string of the molecule is O=C(Nc1cccc(Cn2cccn2)c1)NC1CCCCC1. The van der Waals surface area contributed by atoms with Crippen LogP contribution in [-0.4, -0.2) is 21.9 Å². The third-order valence-electron chi connectivity index (χ3n) is 4.03. The predicted molar refractivity (Wildman–Crippen MR) is 86.8 cm³/mol. The summed E-state index contributed by atoms with van der Waals surface area (Å²) in [5, 5.41) is 10.2. The summed E-state index contributed by atoms with van der Waals surface area (Å²) in [6, 6.07) is 10.00. The van der Waals surface area contributed by atoms with Gasteiger partial charge in [0.1, 0.15) is 0 Å². The molecule has 0 bridgehead atoms. The van der Waals surface area contributed by atoms with Gasteiger partial charge >= 0.3 is 6.03 Å². The quantitative estimate of drug-likeness (QED) is 0.909. The van der Waals surface area contributed by atoms with Crippen molar-refractivity contribution in [2.75, 3.05) is 5.32 Å². The third kappa shape index (κ3) is 4.10. The monoisotopic (exact) mass is 298 g/mol. The highest BCUT2D eigenvalue weighted by Crippen LogP contribution is 2.18. The minimum absolute atomic E-state index is 0.108. The molecule has 1 heterocycles. The lowest BCUT2D eigenvalue weighted by Gasteiger charge is -2.22. The van der Waals surface area contributed by atoms with Crippen LogP contribution in [0.4, 0.5) is 10.5 Å². The average Bonchev–Trinajstić information content (AvgIpc) is 3.01. The van der Waals surface area contributed by atoms with E-state index in [0.29, 0.717) is 12.6 Å². The first-order valence-electron chi connectivity index (χ1n) is 7.93. The van der Waals surface area contributed by atoms with Crippen molar-refractivity contribution in [1.29, 1.82) is 0 Å². The molecule has 5 heteroatoms. The van der Waals surface area contributed by atoms with E-state index >= 15 is 0 Å². The fourth-order valence-corrected chi connectivity index (χ4v) is 2.93. The molecule has 1 aromatic heterocycles. The summed E-state index contributed by atoms with van der Waals surface area (Å²) in [6.45, 7) is 0.701. The summed E-state index contributed by atoms with van der Waals surface area (Å²) < 4.78 is 1.86. The Morgan fingerprint density at radius 3 is 2.86 bits per heavy atom. The number of benzene rings is 1. The van der Waals surface area contributed by atoms with Crippen LogP contribution in [0.25, 0.3) is 0 Å². The Kier molecular flexibility index (Phi) is 4.73. The zero-order chi connectivity index (χ0) is 15.2. The standard InChI is InChI=1S/C17H22N4O/c22-17(19-15-7-2-1-3-8-15)20-16-9-4-6-14(12-16)13-21-11-5-10-18-21/h4-6,9-12,15H,1-3,7-8,13H2,(H2,19,20,22). The van der Waals surface area contributed by atoms with Crippen LogP contribution in [0.2, 0.25) is 0 Å². The molecule has 0 radical (unpaired) electrons. The van der Waals surface area contributed by atoms with Crippen molar-refractivity contribution in [1.82, 2.24) is 15.1 Å². The maximum atomic E-state index is 12.1. The Labute approximate surface area is 130 Å². The maximum absolute atomic E-state index is 12.1. The molecule has 2 aromatic rings. The third-order valence-corrected chi connectivity index (χ3v) is 4.03. The highest BCUT2D eigenvalue weighted by atomic mass is 16.2. The summed E-state index contributed by atoms with van der Waals surface area (Å²) >= 11 is 0. The molecule has 1 fully saturated rings. The second kappa shape index (κ2) is 7.11. The summed E-state index contributed by atoms with van der Waals surface area (Å²) in [5.74, 6) is 0. The predicted octanol–water partition coefficient (Wildman–Crippen LogP) is 3.39. The lowest BCUT2D eigenvalue weighted by molar-refractivity contribution is 0.244. The van der Waals surface area contributed by atoms with Crippen molar-refractivity contribution in [3.05, 3.63) is 48.3 Å². The van der Waals surface area contributed by atoms with Gasteiger partial charge in [0.15, 0.2) is 0 Å². The second-order valence-electron chi connectivity index (χ2n) is 5.84. The number of anilines is 1. The van der Waals surface area contributed by atoms with Gasteiger partial charge in [-0.1, -0.05) is 31.4 Å². The van der Waals surface area contributed by atoms with Crippen molar-refractivity contribution >= 4 is 11.7 Å². The first kappa shape index (κ1) is 14.6. The summed E-state index contributed by atoms with van der Waals surface area (Å²) in [5.41, 5.74) is 1.93. The van der Waals surface area contributed by atoms with Gasteiger partial charge in [0.05, 0.1) is 6.54 Å². The number of rotatable bonds is 4. The molecule has 1 aromatic carbocycles. The van der Waals surface area contributed by atoms with Crippen LogP contribution < -0.4 is 10.6 Å². The van der Waals surface area contributed by atoms with E-state index in [1.807, 2.05) is 41.2 Å². The van der Waals surface area contributed by atoms with Crippen LogP contribution in [-0.2, 0) is 6.54 Å². The summed E-state index contributed by atoms with van der Waals surface area (Å²) in [6.07, 6.45) is 9.58. The number of urea groups is 1. The fraction of sp³-hybridized carbons (Fsp3) is 0.412. The molecular formula is C17H22N4O. The zero-order valence-electron chi connectivity index (χ0n) is 12.7. The first-order chi connectivity index (χ1) is 10.8. The van der Waals surface area contributed by atoms with Gasteiger partial charge < -0.3 is 10.6 Å². The van der Waals surface area contributed by atoms with Crippen molar-refractivity contribution in [3.63, 3.8) is 0 Å². The van der Waals surface area contributed by atoms with E-state index in [0.717, 1.165) is 24.1 Å². The largest absolute Gasteiger partial charge is 0.335 e. The molecule has 0 atom stereocenters. The molecule has 2 amide bonds. The molecule has 1 saturated carbocycles. The van der Waals surface area contributed by atoms with Crippen LogP contribution >= 0.6 is 0 Å². The lowest BCUT2D eigenvalue weighted by atomic mass is 9.96. The number of nitrogens with one attached hydrogen (secondary N) is 2. The van der Waals surface area contributed by atoms with E-state index in [1.54, 1.807) is 6.20 Å². The maximum Gasteiger partial charge on any atom is 0.319 e. The number of carbonyl (C=O) groups excluding carboxylic acids is 1. The summed E-state index contributed by atoms with van der Waals surface area (Å²) in [7, 11) is 0. The molecule has 0 spiro atoms. The first-order valence-corrected chi connectivity index (χ1v) is 7.93. The number of nitrogens with zero attached hydrogens (tertiary/aromatic N) is 2. The molecule has 5 nitrogen and oxygen atoms in total. The van der Waals surface area contributed by atoms with Gasteiger partial charge in [-0.25, -0.2) is 4.79 Å². The van der Waals surface area contributed by atoms with Gasteiger partial charge in [-0.3, -0.25) is 4.68 Å². The molecule has 0 saturated heterocycles. The van der Waals surface area contributed by atoms with Gasteiger partial charge in [0.2, 0.25) is 0 Å². The zero-order valence-corrected chi connectivity index (χ0v) is 12.7. The van der Waals surface area contributed by atoms with E-state index in [2.05, 4.69) is 15.7 Å². The Morgan fingerprint density at radius 1 is 1.23 bits per heavy atom. The van der Waals surface area contributed by atoms with Gasteiger partial charge in [-0.15, -0.1) is 0 Å². The normalized spacial score (nSPS) is 15.5. The van der Waals surface area contributed by atoms with Gasteiger partial charge in [0, 0.05) is 24.1 Å². The average molecular weight is 298 g/mol. The van der Waals surface area contributed by atoms with E-state index < -0.39 is 0 Å². The number of carbonyl (C=O) groups is 1. The Balaban J connectivity index is 1.56. The highest BCUT2D eigenvalue weighted by Gasteiger charge is 2.15. The van der Waals surface area contributed by atoms with Crippen LogP contribution in [0.1, 0.15) is 37.7 Å². The van der Waals surface area contributed by atoms with E-state index in [9.17, 15) is 4.79 Å². The lowest BCUT2D eigenvalue weighted by Crippen LogP contribution is -2.39. The van der Waals surface area contributed by atoms with Crippen molar-refractivity contribution < 1.29 is 4.79 Å². The van der Waals surface area contributed by atoms with Crippen LogP contribution in [0.3, 0.4) is 0 Å². The Hall–Kier alpha value is -2.30. The molecule has 3 rings (SSSR count). The molecular weight excluding hydrogens is 276 g/mol. The number of aromatic nitrogens is 2. The molecule has 1 aliphatic carbocycles. The van der Waals surface area contributed by atoms with Crippen molar-refractivity contribution in [3.8, 4) is 0 Å². The molecule has 0 unspecified atom stereocenters. The number of hydrogen-bond acceptors (Lipinski definition) is 2. The van der Waals surface area contributed by atoms with E-state index in [4.69, 9.17) is 0 Å². The second-order valence-corrected chi connectivity index (χ2v) is 5.84. The Morgan fingerprint density at radius 2 is 2.09 bits per heavy atom. The number of amides is 2. The summed E-state index contributed by atoms with van der Waals surface area (Å²) in [4.78, 5) is 12.1. The van der Waals surface area contributed by atoms with Crippen LogP contribution in [0.15, 0.2) is 42.7 Å². The Bertz CT molecular complexity index is 603. The minimum atomic E-state index is -0.108. The van der Waals surface area contributed by atoms with Crippen molar-refractivity contribution in [2.24, 2.45) is 0 Å².